The highest BCUT2D eigenvalue weighted by atomic mass is 16.4. The van der Waals surface area contributed by atoms with Crippen molar-refractivity contribution < 1.29 is 9.21 Å². The number of rotatable bonds is 5. The van der Waals surface area contributed by atoms with Crippen molar-refractivity contribution in [2.75, 3.05) is 13.1 Å². The van der Waals surface area contributed by atoms with Crippen molar-refractivity contribution in [1.82, 2.24) is 29.6 Å². The number of furan rings is 1. The zero-order valence-corrected chi connectivity index (χ0v) is 17.0. The first kappa shape index (κ1) is 19.2. The van der Waals surface area contributed by atoms with E-state index in [4.69, 9.17) is 4.42 Å². The van der Waals surface area contributed by atoms with Crippen molar-refractivity contribution in [3.63, 3.8) is 0 Å². The number of aromatic nitrogens is 5. The molecule has 1 fully saturated rings. The Labute approximate surface area is 179 Å². The van der Waals surface area contributed by atoms with Crippen molar-refractivity contribution >= 4 is 5.91 Å². The van der Waals surface area contributed by atoms with Crippen LogP contribution in [0.1, 0.15) is 40.8 Å². The fourth-order valence-corrected chi connectivity index (χ4v) is 4.06. The van der Waals surface area contributed by atoms with Gasteiger partial charge in [0.15, 0.2) is 5.76 Å². The molecule has 0 aromatic carbocycles. The molecule has 0 aliphatic carbocycles. The summed E-state index contributed by atoms with van der Waals surface area (Å²) in [6, 6.07) is 9.39. The highest BCUT2D eigenvalue weighted by Crippen LogP contribution is 2.33. The van der Waals surface area contributed by atoms with Gasteiger partial charge in [-0.15, -0.1) is 0 Å². The van der Waals surface area contributed by atoms with E-state index in [1.54, 1.807) is 35.7 Å². The lowest BCUT2D eigenvalue weighted by Gasteiger charge is -2.31. The lowest BCUT2D eigenvalue weighted by Crippen LogP contribution is -2.38. The summed E-state index contributed by atoms with van der Waals surface area (Å²) in [7, 11) is 0. The fourth-order valence-electron chi connectivity index (χ4n) is 4.06. The molecule has 156 valence electrons. The van der Waals surface area contributed by atoms with Crippen LogP contribution in [0.3, 0.4) is 0 Å². The Morgan fingerprint density at radius 3 is 2.68 bits per heavy atom. The Bertz CT molecular complexity index is 1150. The molecule has 1 amide bonds. The third kappa shape index (κ3) is 4.09. The van der Waals surface area contributed by atoms with E-state index < -0.39 is 0 Å². The van der Waals surface area contributed by atoms with E-state index in [2.05, 4.69) is 20.1 Å². The molecule has 4 aromatic rings. The maximum atomic E-state index is 12.9. The van der Waals surface area contributed by atoms with E-state index in [0.29, 0.717) is 31.2 Å². The standard InChI is InChI=1S/C23H22N6O2/c30-23(21-3-2-19(31-21)15-29-11-1-8-27-29)28-12-6-18(7-13-28)22-20(14-25-16-26-22)17-4-9-24-10-5-17/h1-5,8-11,14,16,18H,6-7,12-13,15H2. The van der Waals surface area contributed by atoms with Gasteiger partial charge in [-0.25, -0.2) is 9.97 Å². The monoisotopic (exact) mass is 414 g/mol. The number of piperidine rings is 1. The van der Waals surface area contributed by atoms with Gasteiger partial charge < -0.3 is 9.32 Å². The van der Waals surface area contributed by atoms with Gasteiger partial charge in [-0.3, -0.25) is 14.5 Å². The van der Waals surface area contributed by atoms with Crippen molar-refractivity contribution in [1.29, 1.82) is 0 Å². The molecule has 4 aromatic heterocycles. The largest absolute Gasteiger partial charge is 0.454 e. The van der Waals surface area contributed by atoms with Gasteiger partial charge in [0.05, 0.1) is 12.2 Å². The second-order valence-corrected chi connectivity index (χ2v) is 7.59. The smallest absolute Gasteiger partial charge is 0.289 e. The van der Waals surface area contributed by atoms with Crippen LogP contribution in [0, 0.1) is 0 Å². The Morgan fingerprint density at radius 2 is 1.90 bits per heavy atom. The number of pyridine rings is 1. The molecule has 1 aliphatic rings. The van der Waals surface area contributed by atoms with E-state index in [1.165, 1.54) is 0 Å². The van der Waals surface area contributed by atoms with E-state index in [1.807, 2.05) is 41.6 Å². The molecule has 8 nitrogen and oxygen atoms in total. The Balaban J connectivity index is 1.25. The molecule has 1 aliphatic heterocycles. The number of nitrogens with zero attached hydrogens (tertiary/aromatic N) is 6. The normalized spacial score (nSPS) is 14.6. The van der Waals surface area contributed by atoms with Crippen LogP contribution in [-0.2, 0) is 6.54 Å². The molecule has 0 N–H and O–H groups in total. The molecule has 0 bridgehead atoms. The van der Waals surface area contributed by atoms with Crippen LogP contribution in [0.25, 0.3) is 11.1 Å². The molecule has 5 heterocycles. The van der Waals surface area contributed by atoms with E-state index >= 15 is 0 Å². The average molecular weight is 414 g/mol. The lowest BCUT2D eigenvalue weighted by molar-refractivity contribution is 0.0678. The maximum absolute atomic E-state index is 12.9. The minimum atomic E-state index is -0.0674. The molecular weight excluding hydrogens is 392 g/mol. The molecule has 0 radical (unpaired) electrons. The first-order valence-electron chi connectivity index (χ1n) is 10.3. The van der Waals surface area contributed by atoms with Gasteiger partial charge in [0.1, 0.15) is 12.1 Å². The summed E-state index contributed by atoms with van der Waals surface area (Å²) in [5.74, 6) is 1.30. The molecule has 0 spiro atoms. The van der Waals surface area contributed by atoms with Crippen molar-refractivity contribution in [2.24, 2.45) is 0 Å². The Kier molecular flexibility index (Phi) is 5.26. The summed E-state index contributed by atoms with van der Waals surface area (Å²) in [6.07, 6.45) is 12.3. The highest BCUT2D eigenvalue weighted by Gasteiger charge is 2.28. The molecule has 8 heteroatoms. The lowest BCUT2D eigenvalue weighted by atomic mass is 9.89. The van der Waals surface area contributed by atoms with E-state index in [9.17, 15) is 4.79 Å². The molecule has 0 saturated carbocycles. The molecule has 31 heavy (non-hydrogen) atoms. The summed E-state index contributed by atoms with van der Waals surface area (Å²) < 4.78 is 7.55. The third-order valence-electron chi connectivity index (χ3n) is 5.65. The predicted octanol–water partition coefficient (Wildman–Crippen LogP) is 3.40. The van der Waals surface area contributed by atoms with E-state index in [-0.39, 0.29) is 11.8 Å². The SMILES string of the molecule is O=C(c1ccc(Cn2cccn2)o1)N1CCC(c2ncncc2-c2ccncc2)CC1. The van der Waals surface area contributed by atoms with Crippen molar-refractivity contribution in [3.8, 4) is 11.1 Å². The van der Waals surface area contributed by atoms with Crippen LogP contribution < -0.4 is 0 Å². The number of hydrogen-bond acceptors (Lipinski definition) is 6. The minimum Gasteiger partial charge on any atom is -0.454 e. The van der Waals surface area contributed by atoms with Gasteiger partial charge in [-0.05, 0) is 48.7 Å². The molecule has 5 rings (SSSR count). The second kappa shape index (κ2) is 8.51. The second-order valence-electron chi connectivity index (χ2n) is 7.59. The number of amides is 1. The maximum Gasteiger partial charge on any atom is 0.289 e. The van der Waals surface area contributed by atoms with Gasteiger partial charge in [0.25, 0.3) is 5.91 Å². The zero-order valence-electron chi connectivity index (χ0n) is 17.0. The fraction of sp³-hybridized carbons (Fsp3) is 0.261. The molecule has 0 unspecified atom stereocenters. The molecular formula is C23H22N6O2. The summed E-state index contributed by atoms with van der Waals surface area (Å²) in [5.41, 5.74) is 3.13. The van der Waals surface area contributed by atoms with Crippen LogP contribution >= 0.6 is 0 Å². The summed E-state index contributed by atoms with van der Waals surface area (Å²) >= 11 is 0. The van der Waals surface area contributed by atoms with Crippen LogP contribution in [0.15, 0.2) is 72.1 Å². The Hall–Kier alpha value is -3.81. The number of carbonyl (C=O) groups is 1. The van der Waals surface area contributed by atoms with Crippen molar-refractivity contribution in [3.05, 3.63) is 84.9 Å². The number of hydrogen-bond donors (Lipinski definition) is 0. The van der Waals surface area contributed by atoms with Crippen LogP contribution in [0.5, 0.6) is 0 Å². The van der Waals surface area contributed by atoms with Gasteiger partial charge in [-0.2, -0.15) is 5.10 Å². The zero-order chi connectivity index (χ0) is 21.0. The van der Waals surface area contributed by atoms with Crippen LogP contribution in [0.2, 0.25) is 0 Å². The van der Waals surface area contributed by atoms with Crippen molar-refractivity contribution in [2.45, 2.75) is 25.3 Å². The summed E-state index contributed by atoms with van der Waals surface area (Å²) in [5, 5.41) is 4.17. The number of likely N-dealkylation sites (tertiary alicyclic amines) is 1. The Morgan fingerprint density at radius 1 is 1.06 bits per heavy atom. The molecule has 0 atom stereocenters. The van der Waals surface area contributed by atoms with Crippen LogP contribution in [-0.4, -0.2) is 48.6 Å². The van der Waals surface area contributed by atoms with Gasteiger partial charge >= 0.3 is 0 Å². The third-order valence-corrected chi connectivity index (χ3v) is 5.65. The quantitative estimate of drug-likeness (QED) is 0.497. The molecule has 1 saturated heterocycles. The summed E-state index contributed by atoms with van der Waals surface area (Å²) in [6.45, 7) is 1.84. The summed E-state index contributed by atoms with van der Waals surface area (Å²) in [4.78, 5) is 27.7. The van der Waals surface area contributed by atoms with Crippen LogP contribution in [0.4, 0.5) is 0 Å². The number of carbonyl (C=O) groups excluding carboxylic acids is 1. The van der Waals surface area contributed by atoms with Gasteiger partial charge in [-0.1, -0.05) is 0 Å². The van der Waals surface area contributed by atoms with Gasteiger partial charge in [0.2, 0.25) is 0 Å². The van der Waals surface area contributed by atoms with E-state index in [0.717, 1.165) is 29.7 Å². The highest BCUT2D eigenvalue weighted by molar-refractivity contribution is 5.91. The first-order chi connectivity index (χ1) is 15.3. The van der Waals surface area contributed by atoms with Gasteiger partial charge in [0, 0.05) is 55.6 Å². The first-order valence-corrected chi connectivity index (χ1v) is 10.3. The predicted molar refractivity (Wildman–Crippen MR) is 113 cm³/mol. The topological polar surface area (TPSA) is 89.9 Å². The average Bonchev–Trinajstić information content (AvgIpc) is 3.52. The minimum absolute atomic E-state index is 0.0674.